The fourth-order valence-electron chi connectivity index (χ4n) is 3.42. The van der Waals surface area contributed by atoms with Gasteiger partial charge >= 0.3 is 0 Å². The lowest BCUT2D eigenvalue weighted by atomic mass is 9.80. The Kier molecular flexibility index (Phi) is 6.42. The summed E-state index contributed by atoms with van der Waals surface area (Å²) in [6.07, 6.45) is 6.40. The number of carbonyl (C=O) groups is 2. The van der Waals surface area contributed by atoms with Gasteiger partial charge in [-0.3, -0.25) is 9.59 Å². The minimum Gasteiger partial charge on any atom is -0.493 e. The molecule has 2 aromatic carbocycles. The van der Waals surface area contributed by atoms with Crippen LogP contribution in [-0.4, -0.2) is 25.8 Å². The van der Waals surface area contributed by atoms with E-state index < -0.39 is 0 Å². The molecule has 4 nitrogen and oxygen atoms in total. The van der Waals surface area contributed by atoms with E-state index in [9.17, 15) is 9.59 Å². The fourth-order valence-corrected chi connectivity index (χ4v) is 3.42. The van der Waals surface area contributed by atoms with E-state index in [-0.39, 0.29) is 0 Å². The zero-order valence-corrected chi connectivity index (χ0v) is 14.8. The molecule has 0 heterocycles. The fraction of sp³-hybridized carbons (Fsp3) is 0.364. The van der Waals surface area contributed by atoms with E-state index >= 15 is 0 Å². The van der Waals surface area contributed by atoms with Crippen molar-refractivity contribution in [2.75, 3.05) is 13.2 Å². The Labute approximate surface area is 154 Å². The number of hydrogen-bond acceptors (Lipinski definition) is 4. The van der Waals surface area contributed by atoms with Gasteiger partial charge in [-0.1, -0.05) is 12.8 Å². The maximum absolute atomic E-state index is 10.7. The van der Waals surface area contributed by atoms with Gasteiger partial charge in [-0.2, -0.15) is 0 Å². The third-order valence-corrected chi connectivity index (χ3v) is 5.03. The van der Waals surface area contributed by atoms with Gasteiger partial charge in [0.1, 0.15) is 24.1 Å². The second-order valence-electron chi connectivity index (χ2n) is 6.80. The van der Waals surface area contributed by atoms with Gasteiger partial charge in [0, 0.05) is 11.1 Å². The van der Waals surface area contributed by atoms with E-state index in [0.29, 0.717) is 36.2 Å². The average Bonchev–Trinajstić information content (AvgIpc) is 2.72. The lowest BCUT2D eigenvalue weighted by Crippen LogP contribution is -2.29. The van der Waals surface area contributed by atoms with Crippen LogP contribution in [0.25, 0.3) is 0 Å². The summed E-state index contributed by atoms with van der Waals surface area (Å²) < 4.78 is 11.9. The molecule has 0 saturated heterocycles. The standard InChI is InChI=1S/C22H24O4/c23-13-17-5-9-21(10-6-17)25-15-19-3-1-2-4-20(19)16-26-22-11-7-18(14-24)8-12-22/h5-14,19-20H,1-4,15-16H2. The molecule has 0 N–H and O–H groups in total. The summed E-state index contributed by atoms with van der Waals surface area (Å²) in [6.45, 7) is 1.33. The van der Waals surface area contributed by atoms with E-state index in [1.54, 1.807) is 24.3 Å². The maximum atomic E-state index is 10.7. The van der Waals surface area contributed by atoms with E-state index in [1.165, 1.54) is 12.8 Å². The van der Waals surface area contributed by atoms with Crippen LogP contribution < -0.4 is 9.47 Å². The smallest absolute Gasteiger partial charge is 0.150 e. The molecule has 0 bridgehead atoms. The average molecular weight is 352 g/mol. The molecule has 4 heteroatoms. The number of rotatable bonds is 8. The Morgan fingerprint density at radius 2 is 1.08 bits per heavy atom. The molecule has 0 amide bonds. The van der Waals surface area contributed by atoms with Crippen LogP contribution in [0.2, 0.25) is 0 Å². The molecule has 0 spiro atoms. The van der Waals surface area contributed by atoms with E-state index in [0.717, 1.165) is 36.9 Å². The lowest BCUT2D eigenvalue weighted by molar-refractivity contribution is 0.105. The molecule has 1 aliphatic rings. The van der Waals surface area contributed by atoms with Gasteiger partial charge in [-0.15, -0.1) is 0 Å². The predicted octanol–water partition coefficient (Wildman–Crippen LogP) is 4.58. The van der Waals surface area contributed by atoms with Crippen molar-refractivity contribution in [3.63, 3.8) is 0 Å². The van der Waals surface area contributed by atoms with Crippen LogP contribution in [0.15, 0.2) is 48.5 Å². The second kappa shape index (κ2) is 9.18. The van der Waals surface area contributed by atoms with Gasteiger partial charge in [0.15, 0.2) is 0 Å². The zero-order chi connectivity index (χ0) is 18.2. The maximum Gasteiger partial charge on any atom is 0.150 e. The van der Waals surface area contributed by atoms with Crippen LogP contribution in [-0.2, 0) is 0 Å². The highest BCUT2D eigenvalue weighted by Crippen LogP contribution is 2.31. The summed E-state index contributed by atoms with van der Waals surface area (Å²) >= 11 is 0. The number of benzene rings is 2. The highest BCUT2D eigenvalue weighted by molar-refractivity contribution is 5.75. The van der Waals surface area contributed by atoms with Crippen LogP contribution in [0.3, 0.4) is 0 Å². The molecule has 2 atom stereocenters. The monoisotopic (exact) mass is 352 g/mol. The van der Waals surface area contributed by atoms with E-state index in [1.807, 2.05) is 24.3 Å². The van der Waals surface area contributed by atoms with Crippen LogP contribution in [0.4, 0.5) is 0 Å². The number of aldehydes is 2. The molecule has 3 rings (SSSR count). The van der Waals surface area contributed by atoms with Gasteiger partial charge in [-0.25, -0.2) is 0 Å². The van der Waals surface area contributed by atoms with Crippen molar-refractivity contribution in [3.8, 4) is 11.5 Å². The number of ether oxygens (including phenoxy) is 2. The molecule has 0 aliphatic heterocycles. The summed E-state index contributed by atoms with van der Waals surface area (Å²) in [4.78, 5) is 21.4. The van der Waals surface area contributed by atoms with Crippen LogP contribution >= 0.6 is 0 Å². The summed E-state index contributed by atoms with van der Waals surface area (Å²) in [5.41, 5.74) is 1.31. The number of carbonyl (C=O) groups excluding carboxylic acids is 2. The minimum atomic E-state index is 0.462. The van der Waals surface area contributed by atoms with Crippen LogP contribution in [0.5, 0.6) is 11.5 Å². The van der Waals surface area contributed by atoms with Crippen LogP contribution in [0.1, 0.15) is 46.4 Å². The van der Waals surface area contributed by atoms with Crippen molar-refractivity contribution in [1.82, 2.24) is 0 Å². The minimum absolute atomic E-state index is 0.462. The largest absolute Gasteiger partial charge is 0.493 e. The van der Waals surface area contributed by atoms with Crippen molar-refractivity contribution in [2.24, 2.45) is 11.8 Å². The van der Waals surface area contributed by atoms with Gasteiger partial charge in [0.2, 0.25) is 0 Å². The molecule has 0 aromatic heterocycles. The summed E-state index contributed by atoms with van der Waals surface area (Å²) in [5.74, 6) is 2.52. The molecular weight excluding hydrogens is 328 g/mol. The van der Waals surface area contributed by atoms with Crippen molar-refractivity contribution in [3.05, 3.63) is 59.7 Å². The molecule has 26 heavy (non-hydrogen) atoms. The molecule has 136 valence electrons. The van der Waals surface area contributed by atoms with Crippen molar-refractivity contribution < 1.29 is 19.1 Å². The molecule has 2 aromatic rings. The normalized spacial score (nSPS) is 19.5. The Bertz CT molecular complexity index is 642. The van der Waals surface area contributed by atoms with E-state index in [2.05, 4.69) is 0 Å². The second-order valence-corrected chi connectivity index (χ2v) is 6.80. The molecular formula is C22H24O4. The van der Waals surface area contributed by atoms with E-state index in [4.69, 9.17) is 9.47 Å². The third kappa shape index (κ3) is 4.94. The first kappa shape index (κ1) is 18.2. The molecule has 0 radical (unpaired) electrons. The van der Waals surface area contributed by atoms with Gasteiger partial charge in [0.05, 0.1) is 13.2 Å². The summed E-state index contributed by atoms with van der Waals surface area (Å²) in [6, 6.07) is 14.4. The Hall–Kier alpha value is -2.62. The zero-order valence-electron chi connectivity index (χ0n) is 14.8. The highest BCUT2D eigenvalue weighted by atomic mass is 16.5. The lowest BCUT2D eigenvalue weighted by Gasteiger charge is -2.31. The topological polar surface area (TPSA) is 52.6 Å². The molecule has 1 aliphatic carbocycles. The third-order valence-electron chi connectivity index (χ3n) is 5.03. The Morgan fingerprint density at radius 1 is 0.692 bits per heavy atom. The first-order valence-electron chi connectivity index (χ1n) is 9.14. The summed E-state index contributed by atoms with van der Waals surface area (Å²) in [7, 11) is 0. The Morgan fingerprint density at radius 3 is 1.42 bits per heavy atom. The van der Waals surface area contributed by atoms with Crippen molar-refractivity contribution in [1.29, 1.82) is 0 Å². The quantitative estimate of drug-likeness (QED) is 0.653. The predicted molar refractivity (Wildman–Crippen MR) is 100 cm³/mol. The first-order valence-corrected chi connectivity index (χ1v) is 9.14. The van der Waals surface area contributed by atoms with Crippen molar-refractivity contribution in [2.45, 2.75) is 25.7 Å². The van der Waals surface area contributed by atoms with Crippen molar-refractivity contribution >= 4 is 12.6 Å². The molecule has 1 saturated carbocycles. The summed E-state index contributed by atoms with van der Waals surface area (Å²) in [5, 5.41) is 0. The van der Waals surface area contributed by atoms with Crippen LogP contribution in [0, 0.1) is 11.8 Å². The SMILES string of the molecule is O=Cc1ccc(OCC2CCCCC2COc2ccc(C=O)cc2)cc1. The van der Waals surface area contributed by atoms with Gasteiger partial charge < -0.3 is 9.47 Å². The van der Waals surface area contributed by atoms with Gasteiger partial charge in [0.25, 0.3) is 0 Å². The van der Waals surface area contributed by atoms with Gasteiger partial charge in [-0.05, 0) is 73.2 Å². The first-order chi connectivity index (χ1) is 12.8. The Balaban J connectivity index is 1.52. The molecule has 2 unspecified atom stereocenters. The molecule has 1 fully saturated rings. The highest BCUT2D eigenvalue weighted by Gasteiger charge is 2.26. The number of hydrogen-bond donors (Lipinski definition) is 0.